The van der Waals surface area contributed by atoms with Crippen LogP contribution in [-0.2, 0) is 18.4 Å². The number of H-pyrrole nitrogens is 1. The Labute approximate surface area is 155 Å². The van der Waals surface area contributed by atoms with Gasteiger partial charge in [0.25, 0.3) is 5.56 Å². The van der Waals surface area contributed by atoms with Crippen molar-refractivity contribution in [3.8, 4) is 0 Å². The summed E-state index contributed by atoms with van der Waals surface area (Å²) in [4.78, 5) is 41.6. The topological polar surface area (TPSA) is 110 Å². The first-order valence-electron chi connectivity index (χ1n) is 8.99. The van der Waals surface area contributed by atoms with Crippen molar-refractivity contribution in [1.82, 2.24) is 19.1 Å². The minimum atomic E-state index is -0.952. The molecule has 0 bridgehead atoms. The van der Waals surface area contributed by atoms with Crippen LogP contribution in [0.25, 0.3) is 11.2 Å². The number of aryl methyl sites for hydroxylation is 2. The standard InChI is InChI=1S/C17H26N4O4S/c1-3-4-5-6-7-8-9-10-21-13-14(18-17(21)26-11-12(22)23)20(2)16(25)19-15(13)24/h3-11H2,1-2H3,(H,22,23)(H,19,24,25). The second-order valence-corrected chi connectivity index (χ2v) is 7.28. The number of hydrogen-bond acceptors (Lipinski definition) is 5. The van der Waals surface area contributed by atoms with E-state index in [-0.39, 0.29) is 11.4 Å². The predicted molar refractivity (Wildman–Crippen MR) is 102 cm³/mol. The molecule has 144 valence electrons. The van der Waals surface area contributed by atoms with Crippen molar-refractivity contribution in [2.24, 2.45) is 7.05 Å². The van der Waals surface area contributed by atoms with Crippen molar-refractivity contribution in [2.75, 3.05) is 5.75 Å². The van der Waals surface area contributed by atoms with E-state index in [2.05, 4.69) is 16.9 Å². The molecule has 0 aromatic carbocycles. The van der Waals surface area contributed by atoms with Crippen molar-refractivity contribution in [3.05, 3.63) is 20.8 Å². The van der Waals surface area contributed by atoms with E-state index in [9.17, 15) is 14.4 Å². The van der Waals surface area contributed by atoms with Crippen LogP contribution in [0.5, 0.6) is 0 Å². The molecule has 2 rings (SSSR count). The number of carboxylic acid groups (broad SMARTS) is 1. The summed E-state index contributed by atoms with van der Waals surface area (Å²) in [5.41, 5.74) is -0.404. The van der Waals surface area contributed by atoms with E-state index in [1.807, 2.05) is 0 Å². The molecule has 2 aromatic heterocycles. The first-order valence-corrected chi connectivity index (χ1v) is 9.98. The fourth-order valence-electron chi connectivity index (χ4n) is 2.89. The largest absolute Gasteiger partial charge is 0.481 e. The molecule has 2 N–H and O–H groups in total. The minimum absolute atomic E-state index is 0.147. The van der Waals surface area contributed by atoms with Crippen LogP contribution >= 0.6 is 11.8 Å². The van der Waals surface area contributed by atoms with Crippen LogP contribution in [0.15, 0.2) is 14.7 Å². The predicted octanol–water partition coefficient (Wildman–Crippen LogP) is 2.35. The highest BCUT2D eigenvalue weighted by molar-refractivity contribution is 7.99. The van der Waals surface area contributed by atoms with Gasteiger partial charge in [0.05, 0.1) is 5.75 Å². The average molecular weight is 382 g/mol. The molecular weight excluding hydrogens is 356 g/mol. The summed E-state index contributed by atoms with van der Waals surface area (Å²) < 4.78 is 3.02. The number of aromatic amines is 1. The zero-order valence-electron chi connectivity index (χ0n) is 15.3. The van der Waals surface area contributed by atoms with Gasteiger partial charge in [-0.2, -0.15) is 0 Å². The molecule has 0 aliphatic heterocycles. The Morgan fingerprint density at radius 3 is 2.46 bits per heavy atom. The Kier molecular flexibility index (Phi) is 7.50. The number of carboxylic acids is 1. The number of thioether (sulfide) groups is 1. The van der Waals surface area contributed by atoms with Crippen molar-refractivity contribution in [2.45, 2.75) is 63.6 Å². The molecule has 9 heteroatoms. The molecule has 0 saturated carbocycles. The maximum Gasteiger partial charge on any atom is 0.329 e. The maximum atomic E-state index is 12.3. The van der Waals surface area contributed by atoms with Crippen LogP contribution < -0.4 is 11.2 Å². The van der Waals surface area contributed by atoms with Gasteiger partial charge in [0, 0.05) is 13.6 Å². The molecule has 0 radical (unpaired) electrons. The van der Waals surface area contributed by atoms with Gasteiger partial charge < -0.3 is 9.67 Å². The molecule has 2 heterocycles. The summed E-state index contributed by atoms with van der Waals surface area (Å²) in [7, 11) is 1.54. The number of imidazole rings is 1. The quantitative estimate of drug-likeness (QED) is 0.456. The van der Waals surface area contributed by atoms with Crippen LogP contribution in [0, 0.1) is 0 Å². The zero-order chi connectivity index (χ0) is 19.1. The lowest BCUT2D eigenvalue weighted by Crippen LogP contribution is -2.29. The van der Waals surface area contributed by atoms with E-state index < -0.39 is 17.2 Å². The number of nitrogens with one attached hydrogen (secondary N) is 1. The van der Waals surface area contributed by atoms with Gasteiger partial charge in [-0.05, 0) is 6.42 Å². The third-order valence-electron chi connectivity index (χ3n) is 4.28. The highest BCUT2D eigenvalue weighted by Crippen LogP contribution is 2.22. The number of aliphatic carboxylic acids is 1. The number of nitrogens with zero attached hydrogens (tertiary/aromatic N) is 3. The first-order chi connectivity index (χ1) is 12.5. The third-order valence-corrected chi connectivity index (χ3v) is 5.24. The highest BCUT2D eigenvalue weighted by Gasteiger charge is 2.18. The maximum absolute atomic E-state index is 12.3. The molecule has 0 aliphatic carbocycles. The Hall–Kier alpha value is -2.03. The lowest BCUT2D eigenvalue weighted by atomic mass is 10.1. The third kappa shape index (κ3) is 5.00. The van der Waals surface area contributed by atoms with Crippen molar-refractivity contribution < 1.29 is 9.90 Å². The molecule has 26 heavy (non-hydrogen) atoms. The Bertz CT molecular complexity index is 868. The lowest BCUT2D eigenvalue weighted by Gasteiger charge is -2.08. The van der Waals surface area contributed by atoms with Gasteiger partial charge in [0.15, 0.2) is 16.3 Å². The summed E-state index contributed by atoms with van der Waals surface area (Å²) in [6.07, 6.45) is 7.97. The SMILES string of the molecule is CCCCCCCCCn1c(SCC(=O)O)nc2c1c(=O)[nH]c(=O)n2C. The van der Waals surface area contributed by atoms with E-state index in [0.717, 1.165) is 31.0 Å². The molecule has 0 atom stereocenters. The normalized spacial score (nSPS) is 11.3. The Morgan fingerprint density at radius 2 is 1.81 bits per heavy atom. The van der Waals surface area contributed by atoms with Crippen molar-refractivity contribution in [1.29, 1.82) is 0 Å². The van der Waals surface area contributed by atoms with Gasteiger partial charge in [0.2, 0.25) is 0 Å². The van der Waals surface area contributed by atoms with E-state index >= 15 is 0 Å². The molecule has 2 aromatic rings. The highest BCUT2D eigenvalue weighted by atomic mass is 32.2. The number of carbonyl (C=O) groups is 1. The number of aromatic nitrogens is 4. The van der Waals surface area contributed by atoms with Gasteiger partial charge in [0.1, 0.15) is 0 Å². The fourth-order valence-corrected chi connectivity index (χ4v) is 3.63. The molecular formula is C17H26N4O4S. The number of fused-ring (bicyclic) bond motifs is 1. The number of rotatable bonds is 11. The van der Waals surface area contributed by atoms with Crippen LogP contribution in [0.3, 0.4) is 0 Å². The Balaban J connectivity index is 2.20. The second kappa shape index (κ2) is 9.61. The van der Waals surface area contributed by atoms with Gasteiger partial charge in [-0.25, -0.2) is 9.78 Å². The van der Waals surface area contributed by atoms with Gasteiger partial charge in [-0.3, -0.25) is 19.1 Å². The molecule has 0 fully saturated rings. The van der Waals surface area contributed by atoms with E-state index in [4.69, 9.17) is 5.11 Å². The smallest absolute Gasteiger partial charge is 0.329 e. The number of hydrogen-bond donors (Lipinski definition) is 2. The van der Waals surface area contributed by atoms with Crippen LogP contribution in [-0.4, -0.2) is 35.9 Å². The van der Waals surface area contributed by atoms with Gasteiger partial charge >= 0.3 is 11.7 Å². The molecule has 0 spiro atoms. The molecule has 0 aliphatic rings. The average Bonchev–Trinajstić information content (AvgIpc) is 2.96. The van der Waals surface area contributed by atoms with Gasteiger partial charge in [-0.15, -0.1) is 0 Å². The summed E-state index contributed by atoms with van der Waals surface area (Å²) in [6, 6.07) is 0. The molecule has 0 saturated heterocycles. The summed E-state index contributed by atoms with van der Waals surface area (Å²) >= 11 is 1.06. The summed E-state index contributed by atoms with van der Waals surface area (Å²) in [5.74, 6) is -1.10. The molecule has 0 amide bonds. The van der Waals surface area contributed by atoms with E-state index in [1.54, 1.807) is 4.57 Å². The summed E-state index contributed by atoms with van der Waals surface area (Å²) in [5, 5.41) is 9.39. The fraction of sp³-hybridized carbons (Fsp3) is 0.647. The monoisotopic (exact) mass is 382 g/mol. The van der Waals surface area contributed by atoms with Crippen molar-refractivity contribution >= 4 is 28.9 Å². The first kappa shape index (κ1) is 20.3. The van der Waals surface area contributed by atoms with Crippen LogP contribution in [0.2, 0.25) is 0 Å². The second-order valence-electron chi connectivity index (χ2n) is 6.34. The van der Waals surface area contributed by atoms with E-state index in [1.165, 1.54) is 37.3 Å². The van der Waals surface area contributed by atoms with Crippen LogP contribution in [0.4, 0.5) is 0 Å². The lowest BCUT2D eigenvalue weighted by molar-refractivity contribution is -0.133. The number of unbranched alkanes of at least 4 members (excludes halogenated alkanes) is 6. The van der Waals surface area contributed by atoms with Crippen molar-refractivity contribution in [3.63, 3.8) is 0 Å². The molecule has 0 unspecified atom stereocenters. The molecule has 8 nitrogen and oxygen atoms in total. The van der Waals surface area contributed by atoms with Gasteiger partial charge in [-0.1, -0.05) is 57.2 Å². The minimum Gasteiger partial charge on any atom is -0.481 e. The zero-order valence-corrected chi connectivity index (χ0v) is 16.1. The van der Waals surface area contributed by atoms with E-state index in [0.29, 0.717) is 17.2 Å². The van der Waals surface area contributed by atoms with Crippen LogP contribution in [0.1, 0.15) is 51.9 Å². The summed E-state index contributed by atoms with van der Waals surface area (Å²) in [6.45, 7) is 2.76. The Morgan fingerprint density at radius 1 is 1.15 bits per heavy atom.